The molecule has 4 aliphatic rings. The van der Waals surface area contributed by atoms with Crippen LogP contribution in [-0.2, 0) is 23.7 Å². The molecule has 4 aromatic rings. The van der Waals surface area contributed by atoms with Gasteiger partial charge in [-0.25, -0.2) is 9.48 Å². The van der Waals surface area contributed by atoms with Crippen LogP contribution < -0.4 is 19.7 Å². The highest BCUT2D eigenvalue weighted by molar-refractivity contribution is 7.57. The van der Waals surface area contributed by atoms with Gasteiger partial charge >= 0.3 is 13.5 Å². The van der Waals surface area contributed by atoms with Crippen molar-refractivity contribution in [3.8, 4) is 17.6 Å². The molecule has 3 saturated heterocycles. The van der Waals surface area contributed by atoms with Crippen LogP contribution in [0.25, 0.3) is 10.1 Å². The number of para-hydroxylation sites is 1. The van der Waals surface area contributed by atoms with Gasteiger partial charge in [0.25, 0.3) is 5.91 Å². The number of halogens is 1. The molecule has 13 nitrogen and oxygen atoms in total. The van der Waals surface area contributed by atoms with Crippen molar-refractivity contribution in [2.45, 2.75) is 113 Å². The zero-order valence-electron chi connectivity index (χ0n) is 35.7. The standard InChI is InChI=1S/C47H53FN5O8PS/c1-4-23-60-46(57)29(2)51-62(58,61-34-13-6-5-7-14-34)42(48)31-17-20-40-32(24-31)26-41(63-40)43(54)50-38-16-9-8-12-33-18-19-39(53(33)44(38)55)45(56)52-28-36(37(27-49)47(52)21-22-47)30-11-10-15-35(25-30)59-3/h5-7,10-11,13-15,17,20,24-26,29,33,36-39,42H,4,8-9,12,16,18-19,21-23,28H2,1-3H3,(H,50,54)(H,51,58)/t29-,33-,36+,37+,38-,39-,42?,62?/m0/s1. The van der Waals surface area contributed by atoms with E-state index in [0.717, 1.165) is 37.7 Å². The first-order chi connectivity index (χ1) is 30.4. The lowest BCUT2D eigenvalue weighted by Crippen LogP contribution is -2.57. The third-order valence-corrected chi connectivity index (χ3v) is 16.2. The van der Waals surface area contributed by atoms with Crippen LogP contribution in [0.15, 0.2) is 78.9 Å². The summed E-state index contributed by atoms with van der Waals surface area (Å²) in [5.74, 6) is -3.53. The van der Waals surface area contributed by atoms with Crippen molar-refractivity contribution in [3.63, 3.8) is 0 Å². The van der Waals surface area contributed by atoms with Crippen molar-refractivity contribution >= 4 is 52.6 Å². The molecule has 4 heterocycles. The lowest BCUT2D eigenvalue weighted by molar-refractivity contribution is -0.148. The van der Waals surface area contributed by atoms with Gasteiger partial charge in [-0.3, -0.25) is 23.7 Å². The fourth-order valence-corrected chi connectivity index (χ4v) is 12.5. The van der Waals surface area contributed by atoms with Crippen molar-refractivity contribution in [3.05, 3.63) is 94.9 Å². The number of carbonyl (C=O) groups excluding carboxylic acids is 4. The number of nitrogens with zero attached hydrogens (tertiary/aromatic N) is 3. The van der Waals surface area contributed by atoms with Gasteiger partial charge < -0.3 is 29.1 Å². The van der Waals surface area contributed by atoms with E-state index in [9.17, 15) is 29.0 Å². The number of benzene rings is 3. The number of ether oxygens (including phenoxy) is 2. The predicted molar refractivity (Wildman–Crippen MR) is 236 cm³/mol. The molecule has 0 bridgehead atoms. The number of methoxy groups -OCH3 is 1. The molecule has 1 spiro atoms. The maximum Gasteiger partial charge on any atom is 0.355 e. The maximum absolute atomic E-state index is 16.6. The Hall–Kier alpha value is -5.29. The van der Waals surface area contributed by atoms with Crippen LogP contribution in [0.2, 0.25) is 0 Å². The Morgan fingerprint density at radius 3 is 2.49 bits per heavy atom. The second kappa shape index (κ2) is 18.4. The number of thiophene rings is 1. The molecule has 2 N–H and O–H groups in total. The largest absolute Gasteiger partial charge is 0.497 e. The smallest absolute Gasteiger partial charge is 0.355 e. The van der Waals surface area contributed by atoms with Gasteiger partial charge in [0.05, 0.1) is 36.1 Å². The van der Waals surface area contributed by atoms with Gasteiger partial charge in [-0.2, -0.15) is 5.26 Å². The third-order valence-electron chi connectivity index (χ3n) is 13.0. The van der Waals surface area contributed by atoms with Crippen LogP contribution in [0, 0.1) is 17.2 Å². The third kappa shape index (κ3) is 8.82. The highest BCUT2D eigenvalue weighted by Gasteiger charge is 2.64. The zero-order valence-corrected chi connectivity index (χ0v) is 37.4. The topological polar surface area (TPSA) is 167 Å². The molecule has 3 amide bonds. The molecular weight excluding hydrogens is 845 g/mol. The van der Waals surface area contributed by atoms with E-state index in [1.54, 1.807) is 42.3 Å². The van der Waals surface area contributed by atoms with E-state index in [-0.39, 0.29) is 47.6 Å². The summed E-state index contributed by atoms with van der Waals surface area (Å²) in [6.45, 7) is 3.81. The molecule has 332 valence electrons. The first-order valence-corrected chi connectivity index (χ1v) is 24.3. The number of esters is 1. The molecule has 16 heteroatoms. The molecule has 8 rings (SSSR count). The van der Waals surface area contributed by atoms with Crippen LogP contribution in [0.4, 0.5) is 4.39 Å². The summed E-state index contributed by atoms with van der Waals surface area (Å²) < 4.78 is 48.0. The summed E-state index contributed by atoms with van der Waals surface area (Å²) >= 11 is 1.18. The van der Waals surface area contributed by atoms with Crippen LogP contribution >= 0.6 is 18.9 Å². The molecule has 4 fully saturated rings. The average molecular weight is 898 g/mol. The number of alkyl halides is 1. The van der Waals surface area contributed by atoms with E-state index in [1.807, 2.05) is 36.1 Å². The lowest BCUT2D eigenvalue weighted by Gasteiger charge is -2.37. The zero-order chi connectivity index (χ0) is 44.5. The van der Waals surface area contributed by atoms with Crippen molar-refractivity contribution in [2.24, 2.45) is 5.92 Å². The Morgan fingerprint density at radius 2 is 1.76 bits per heavy atom. The number of rotatable bonds is 14. The molecule has 3 aromatic carbocycles. The predicted octanol–water partition coefficient (Wildman–Crippen LogP) is 8.41. The number of amides is 3. The molecule has 1 saturated carbocycles. The summed E-state index contributed by atoms with van der Waals surface area (Å²) in [4.78, 5) is 59.8. The van der Waals surface area contributed by atoms with E-state index >= 15 is 4.39 Å². The highest BCUT2D eigenvalue weighted by atomic mass is 32.1. The summed E-state index contributed by atoms with van der Waals surface area (Å²) in [6, 6.07) is 21.7. The number of nitriles is 1. The van der Waals surface area contributed by atoms with Gasteiger partial charge in [-0.1, -0.05) is 56.2 Å². The quantitative estimate of drug-likeness (QED) is 0.0927. The molecule has 1 aromatic heterocycles. The van der Waals surface area contributed by atoms with E-state index in [0.29, 0.717) is 52.9 Å². The average Bonchev–Trinajstić information content (AvgIpc) is 3.61. The van der Waals surface area contributed by atoms with Crippen LogP contribution in [-0.4, -0.2) is 83.5 Å². The van der Waals surface area contributed by atoms with Crippen molar-refractivity contribution < 1.29 is 42.1 Å². The van der Waals surface area contributed by atoms with Crippen molar-refractivity contribution in [2.75, 3.05) is 20.3 Å². The van der Waals surface area contributed by atoms with Gasteiger partial charge in [0.15, 0.2) is 0 Å². The minimum Gasteiger partial charge on any atom is -0.497 e. The maximum atomic E-state index is 16.6. The summed E-state index contributed by atoms with van der Waals surface area (Å²) in [6.07, 6.45) is 5.97. The van der Waals surface area contributed by atoms with Crippen LogP contribution in [0.5, 0.6) is 11.5 Å². The van der Waals surface area contributed by atoms with Crippen molar-refractivity contribution in [1.29, 1.82) is 5.26 Å². The number of nitrogens with one attached hydrogen (secondary N) is 2. The first kappa shape index (κ1) is 44.3. The Bertz CT molecular complexity index is 2460. The molecule has 1 aliphatic carbocycles. The fraction of sp³-hybridized carbons (Fsp3) is 0.468. The number of carbonyl (C=O) groups is 4. The minimum absolute atomic E-state index is 0.0148. The number of fused-ring (bicyclic) bond motifs is 2. The Kier molecular flexibility index (Phi) is 13.0. The van der Waals surface area contributed by atoms with E-state index in [4.69, 9.17) is 14.0 Å². The molecule has 8 atom stereocenters. The number of hydrogen-bond acceptors (Lipinski definition) is 10. The monoisotopic (exact) mass is 897 g/mol. The Balaban J connectivity index is 0.991. The number of likely N-dealkylation sites (tertiary alicyclic amines) is 1. The minimum atomic E-state index is -4.46. The normalized spacial score (nSPS) is 24.6. The Morgan fingerprint density at radius 1 is 1.00 bits per heavy atom. The van der Waals surface area contributed by atoms with Gasteiger partial charge in [0.1, 0.15) is 29.6 Å². The summed E-state index contributed by atoms with van der Waals surface area (Å²) in [7, 11) is -2.86. The number of hydrogen-bond donors (Lipinski definition) is 2. The van der Waals surface area contributed by atoms with Crippen molar-refractivity contribution in [1.82, 2.24) is 20.2 Å². The van der Waals surface area contributed by atoms with Gasteiger partial charge in [-0.15, -0.1) is 11.3 Å². The summed E-state index contributed by atoms with van der Waals surface area (Å²) in [5.41, 5.74) is 0.397. The second-order valence-electron chi connectivity index (χ2n) is 17.1. The molecule has 0 radical (unpaired) electrons. The lowest BCUT2D eigenvalue weighted by atomic mass is 9.85. The molecular formula is C47H53FN5O8PS. The molecule has 63 heavy (non-hydrogen) atoms. The van der Waals surface area contributed by atoms with E-state index in [2.05, 4.69) is 16.5 Å². The van der Waals surface area contributed by atoms with E-state index < -0.39 is 49.0 Å². The van der Waals surface area contributed by atoms with Gasteiger partial charge in [0, 0.05) is 23.2 Å². The Labute approximate surface area is 370 Å². The molecule has 2 unspecified atom stereocenters. The highest BCUT2D eigenvalue weighted by Crippen LogP contribution is 2.59. The second-order valence-corrected chi connectivity index (χ2v) is 20.3. The van der Waals surface area contributed by atoms with Gasteiger partial charge in [0.2, 0.25) is 17.7 Å². The summed E-state index contributed by atoms with van der Waals surface area (Å²) in [5, 5.41) is 16.5. The molecule has 3 aliphatic heterocycles. The fourth-order valence-electron chi connectivity index (χ4n) is 9.69. The van der Waals surface area contributed by atoms with E-state index in [1.165, 1.54) is 42.5 Å². The SMILES string of the molecule is CCCOC(=O)[C@H](C)NP(=O)(Oc1ccccc1)C(F)c1ccc2sc(C(=O)N[C@H]3CCCC[C@H]4CC[C@@H](C(=O)N5C[C@H](c6cccc(OC)c6)[C@@H](C#N)C56CC6)N4C3=O)cc2c1. The first-order valence-electron chi connectivity index (χ1n) is 21.8. The van der Waals surface area contributed by atoms with Crippen LogP contribution in [0.3, 0.4) is 0 Å². The van der Waals surface area contributed by atoms with Gasteiger partial charge in [-0.05, 0) is 111 Å². The van der Waals surface area contributed by atoms with Crippen LogP contribution in [0.1, 0.15) is 104 Å².